The van der Waals surface area contributed by atoms with E-state index in [4.69, 9.17) is 5.11 Å². The molecule has 0 aliphatic heterocycles. The largest absolute Gasteiger partial charge is 0.396 e. The summed E-state index contributed by atoms with van der Waals surface area (Å²) in [6.45, 7) is 4.69. The van der Waals surface area contributed by atoms with Crippen molar-refractivity contribution in [1.82, 2.24) is 0 Å². The molecule has 0 aliphatic rings. The Morgan fingerprint density at radius 1 is 1.30 bits per heavy atom. The molecule has 1 nitrogen and oxygen atoms in total. The Kier molecular flexibility index (Phi) is 12.4. The smallest absolute Gasteiger partial charge is 0.0459 e. The molecule has 0 saturated carbocycles. The summed E-state index contributed by atoms with van der Waals surface area (Å²) in [4.78, 5) is 0. The zero-order valence-corrected chi connectivity index (χ0v) is 8.02. The van der Waals surface area contributed by atoms with E-state index in [9.17, 15) is 0 Å². The quantitative estimate of drug-likeness (QED) is 0.652. The first-order valence-electron chi connectivity index (χ1n) is 3.96. The van der Waals surface area contributed by atoms with E-state index in [1.807, 2.05) is 0 Å². The van der Waals surface area contributed by atoms with E-state index in [1.165, 1.54) is 19.3 Å². The Balaban J connectivity index is 0. The summed E-state index contributed by atoms with van der Waals surface area (Å²) < 4.78 is 0. The average molecular weight is 186 g/mol. The summed E-state index contributed by atoms with van der Waals surface area (Å²) in [6.07, 6.45) is 4.83. The van der Waals surface area contributed by atoms with Gasteiger partial charge in [-0.25, -0.2) is 0 Å². The summed E-state index contributed by atoms with van der Waals surface area (Å²) in [5, 5.41) is 8.75. The van der Waals surface area contributed by atoms with Crippen LogP contribution in [0.4, 0.5) is 0 Å². The number of aliphatic hydroxyl groups is 1. The van der Waals surface area contributed by atoms with Crippen LogP contribution in [0, 0.1) is 5.92 Å². The summed E-state index contributed by atoms with van der Waals surface area (Å²) in [5.74, 6) is 0.560. The minimum atomic E-state index is 0. The monoisotopic (exact) mass is 186 g/mol. The molecule has 1 N–H and O–H groups in total. The van der Waals surface area contributed by atoms with Crippen LogP contribution in [0.5, 0.6) is 0 Å². The molecule has 10 heavy (non-hydrogen) atoms. The van der Waals surface area contributed by atoms with Crippen LogP contribution in [0.3, 0.4) is 0 Å². The van der Waals surface area contributed by atoms with E-state index in [-0.39, 0.29) is 17.1 Å². The first-order valence-corrected chi connectivity index (χ1v) is 3.96. The minimum absolute atomic E-state index is 0. The van der Waals surface area contributed by atoms with Crippen LogP contribution in [0.15, 0.2) is 0 Å². The normalized spacial score (nSPS) is 12.3. The zero-order chi connectivity index (χ0) is 7.11. The van der Waals surface area contributed by atoms with Crippen molar-refractivity contribution in [2.45, 2.75) is 39.5 Å². The second-order valence-corrected chi connectivity index (χ2v) is 2.60. The molecule has 0 aromatic rings. The molecule has 0 bridgehead atoms. The van der Waals surface area contributed by atoms with E-state index in [0.29, 0.717) is 12.5 Å². The summed E-state index contributed by atoms with van der Waals surface area (Å²) in [6, 6.07) is 0. The van der Waals surface area contributed by atoms with Crippen LogP contribution in [-0.2, 0) is 17.1 Å². The van der Waals surface area contributed by atoms with Gasteiger partial charge in [0.2, 0.25) is 0 Å². The number of hydrogen-bond donors (Lipinski definition) is 1. The second kappa shape index (κ2) is 9.48. The fourth-order valence-electron chi connectivity index (χ4n) is 0.917. The standard InChI is InChI=1S/C8H18O.Fe/c1-3-5-6-8(4-2)7-9;/h8-9H,3-7H2,1-2H3;. The molecule has 0 rings (SSSR count). The van der Waals surface area contributed by atoms with Crippen molar-refractivity contribution >= 4 is 0 Å². The molecule has 2 heteroatoms. The molecule has 64 valence electrons. The third-order valence-corrected chi connectivity index (χ3v) is 1.80. The molecule has 1 atom stereocenters. The molecule has 0 spiro atoms. The van der Waals surface area contributed by atoms with E-state index in [2.05, 4.69) is 13.8 Å². The third kappa shape index (κ3) is 6.60. The maximum absolute atomic E-state index is 8.75. The Hall–Kier alpha value is 0.479. The van der Waals surface area contributed by atoms with E-state index >= 15 is 0 Å². The molecule has 1 unspecified atom stereocenters. The van der Waals surface area contributed by atoms with Crippen molar-refractivity contribution in [3.63, 3.8) is 0 Å². The van der Waals surface area contributed by atoms with Gasteiger partial charge in [0, 0.05) is 23.7 Å². The third-order valence-electron chi connectivity index (χ3n) is 1.80. The minimum Gasteiger partial charge on any atom is -0.396 e. The second-order valence-electron chi connectivity index (χ2n) is 2.60. The van der Waals surface area contributed by atoms with Crippen LogP contribution in [0.2, 0.25) is 0 Å². The molecule has 0 aromatic heterocycles. The maximum Gasteiger partial charge on any atom is 0.0459 e. The summed E-state index contributed by atoms with van der Waals surface area (Å²) in [7, 11) is 0. The van der Waals surface area contributed by atoms with Crippen LogP contribution >= 0.6 is 0 Å². The molecule has 0 amide bonds. The Morgan fingerprint density at radius 3 is 2.20 bits per heavy atom. The van der Waals surface area contributed by atoms with Gasteiger partial charge in [0.05, 0.1) is 0 Å². The molecule has 0 saturated heterocycles. The zero-order valence-electron chi connectivity index (χ0n) is 6.91. The van der Waals surface area contributed by atoms with Gasteiger partial charge in [0.25, 0.3) is 0 Å². The first-order chi connectivity index (χ1) is 4.35. The van der Waals surface area contributed by atoms with E-state index in [1.54, 1.807) is 0 Å². The number of unbranched alkanes of at least 4 members (excludes halogenated alkanes) is 1. The molecule has 0 radical (unpaired) electrons. The molecular formula is C8H18FeO. The van der Waals surface area contributed by atoms with Crippen molar-refractivity contribution in [1.29, 1.82) is 0 Å². The Labute approximate surface area is 74.7 Å². The van der Waals surface area contributed by atoms with Gasteiger partial charge < -0.3 is 5.11 Å². The fourth-order valence-corrected chi connectivity index (χ4v) is 0.917. The fraction of sp³-hybridized carbons (Fsp3) is 1.00. The number of hydrogen-bond acceptors (Lipinski definition) is 1. The van der Waals surface area contributed by atoms with Gasteiger partial charge in [-0.15, -0.1) is 0 Å². The van der Waals surface area contributed by atoms with Crippen LogP contribution in [0.1, 0.15) is 39.5 Å². The predicted molar refractivity (Wildman–Crippen MR) is 40.4 cm³/mol. The van der Waals surface area contributed by atoms with Gasteiger partial charge >= 0.3 is 0 Å². The van der Waals surface area contributed by atoms with Gasteiger partial charge in [0.1, 0.15) is 0 Å². The van der Waals surface area contributed by atoms with Gasteiger partial charge in [0.15, 0.2) is 0 Å². The van der Waals surface area contributed by atoms with Crippen molar-refractivity contribution in [3.05, 3.63) is 0 Å². The Bertz CT molecular complexity index is 53.2. The molecule has 0 aromatic carbocycles. The van der Waals surface area contributed by atoms with Gasteiger partial charge in [-0.2, -0.15) is 0 Å². The van der Waals surface area contributed by atoms with Crippen molar-refractivity contribution in [2.24, 2.45) is 5.92 Å². The van der Waals surface area contributed by atoms with Crippen LogP contribution in [-0.4, -0.2) is 11.7 Å². The maximum atomic E-state index is 8.75. The number of rotatable bonds is 5. The average Bonchev–Trinajstić information content (AvgIpc) is 1.91. The topological polar surface area (TPSA) is 20.2 Å². The SMILES string of the molecule is CCCCC(CC)CO.[Fe]. The molecular weight excluding hydrogens is 168 g/mol. The summed E-state index contributed by atoms with van der Waals surface area (Å²) in [5.41, 5.74) is 0. The molecule has 0 aliphatic carbocycles. The predicted octanol–water partition coefficient (Wildman–Crippen LogP) is 2.19. The van der Waals surface area contributed by atoms with E-state index in [0.717, 1.165) is 6.42 Å². The van der Waals surface area contributed by atoms with E-state index < -0.39 is 0 Å². The van der Waals surface area contributed by atoms with Crippen molar-refractivity contribution in [3.8, 4) is 0 Å². The molecule has 0 heterocycles. The van der Waals surface area contributed by atoms with Gasteiger partial charge in [-0.1, -0.05) is 33.1 Å². The van der Waals surface area contributed by atoms with Crippen LogP contribution in [0.25, 0.3) is 0 Å². The van der Waals surface area contributed by atoms with Crippen LogP contribution < -0.4 is 0 Å². The Morgan fingerprint density at radius 2 is 1.90 bits per heavy atom. The number of aliphatic hydroxyl groups excluding tert-OH is 1. The molecule has 0 fully saturated rings. The summed E-state index contributed by atoms with van der Waals surface area (Å²) >= 11 is 0. The van der Waals surface area contributed by atoms with Crippen molar-refractivity contribution in [2.75, 3.05) is 6.61 Å². The van der Waals surface area contributed by atoms with Gasteiger partial charge in [-0.05, 0) is 12.3 Å². The first kappa shape index (κ1) is 13.1. The van der Waals surface area contributed by atoms with Gasteiger partial charge in [-0.3, -0.25) is 0 Å². The van der Waals surface area contributed by atoms with Crippen molar-refractivity contribution < 1.29 is 22.2 Å².